The summed E-state index contributed by atoms with van der Waals surface area (Å²) >= 11 is 0. The van der Waals surface area contributed by atoms with Gasteiger partial charge in [0, 0.05) is 6.04 Å². The largest absolute Gasteiger partial charge is 0.307 e. The van der Waals surface area contributed by atoms with Gasteiger partial charge in [-0.25, -0.2) is 4.98 Å². The second-order valence-corrected chi connectivity index (χ2v) is 3.29. The summed E-state index contributed by atoms with van der Waals surface area (Å²) in [6.45, 7) is 0.824. The molecule has 4 nitrogen and oxygen atoms in total. The number of nitrogens with one attached hydrogen (secondary N) is 2. The van der Waals surface area contributed by atoms with Gasteiger partial charge in [-0.2, -0.15) is 5.10 Å². The van der Waals surface area contributed by atoms with Crippen molar-refractivity contribution in [2.24, 2.45) is 0 Å². The van der Waals surface area contributed by atoms with Crippen LogP contribution in [0.4, 0.5) is 0 Å². The molecule has 2 N–H and O–H groups in total. The lowest BCUT2D eigenvalue weighted by molar-refractivity contribution is 0.514. The van der Waals surface area contributed by atoms with Crippen LogP contribution in [-0.2, 0) is 6.54 Å². The molecule has 1 aromatic rings. The van der Waals surface area contributed by atoms with E-state index in [1.807, 2.05) is 0 Å². The highest BCUT2D eigenvalue weighted by Crippen LogP contribution is 2.17. The molecule has 0 bridgehead atoms. The molecule has 1 aliphatic rings. The lowest BCUT2D eigenvalue weighted by atomic mass is 10.2. The van der Waals surface area contributed by atoms with E-state index < -0.39 is 0 Å². The molecule has 12 heavy (non-hydrogen) atoms. The molecule has 0 unspecified atom stereocenters. The van der Waals surface area contributed by atoms with Gasteiger partial charge in [0.05, 0.1) is 6.54 Å². The van der Waals surface area contributed by atoms with Crippen LogP contribution in [0.5, 0.6) is 0 Å². The van der Waals surface area contributed by atoms with Crippen LogP contribution in [0, 0.1) is 0 Å². The Morgan fingerprint density at radius 1 is 1.50 bits per heavy atom. The molecule has 0 atom stereocenters. The van der Waals surface area contributed by atoms with Crippen molar-refractivity contribution in [2.75, 3.05) is 0 Å². The fourth-order valence-corrected chi connectivity index (χ4v) is 1.69. The van der Waals surface area contributed by atoms with E-state index in [1.165, 1.54) is 25.7 Å². The molecule has 1 saturated carbocycles. The summed E-state index contributed by atoms with van der Waals surface area (Å²) in [5.74, 6) is 0.932. The van der Waals surface area contributed by atoms with E-state index in [2.05, 4.69) is 20.5 Å². The SMILES string of the molecule is c1n[nH]c(CNC2CCCC2)n1. The molecular weight excluding hydrogens is 152 g/mol. The summed E-state index contributed by atoms with van der Waals surface area (Å²) < 4.78 is 0. The van der Waals surface area contributed by atoms with E-state index in [-0.39, 0.29) is 0 Å². The van der Waals surface area contributed by atoms with Gasteiger partial charge in [-0.05, 0) is 12.8 Å². The van der Waals surface area contributed by atoms with Gasteiger partial charge >= 0.3 is 0 Å². The average Bonchev–Trinajstić information content (AvgIpc) is 2.74. The highest BCUT2D eigenvalue weighted by Gasteiger charge is 2.13. The standard InChI is InChI=1S/C8H14N4/c1-2-4-7(3-1)9-5-8-10-6-11-12-8/h6-7,9H,1-5H2,(H,10,11,12). The Bertz CT molecular complexity index is 213. The van der Waals surface area contributed by atoms with E-state index in [0.29, 0.717) is 6.04 Å². The minimum Gasteiger partial charge on any atom is -0.307 e. The number of hydrogen-bond donors (Lipinski definition) is 2. The molecule has 0 spiro atoms. The summed E-state index contributed by atoms with van der Waals surface area (Å²) in [5.41, 5.74) is 0. The van der Waals surface area contributed by atoms with Crippen LogP contribution in [0.15, 0.2) is 6.33 Å². The summed E-state index contributed by atoms with van der Waals surface area (Å²) in [4.78, 5) is 4.05. The highest BCUT2D eigenvalue weighted by atomic mass is 15.2. The van der Waals surface area contributed by atoms with Crippen LogP contribution in [0.25, 0.3) is 0 Å². The zero-order valence-electron chi connectivity index (χ0n) is 7.08. The van der Waals surface area contributed by atoms with Crippen LogP contribution in [0.2, 0.25) is 0 Å². The maximum absolute atomic E-state index is 4.05. The molecule has 0 aromatic carbocycles. The zero-order chi connectivity index (χ0) is 8.23. The first-order valence-corrected chi connectivity index (χ1v) is 4.53. The van der Waals surface area contributed by atoms with Gasteiger partial charge in [0.25, 0.3) is 0 Å². The zero-order valence-corrected chi connectivity index (χ0v) is 7.08. The van der Waals surface area contributed by atoms with Crippen molar-refractivity contribution in [1.29, 1.82) is 0 Å². The van der Waals surface area contributed by atoms with E-state index in [1.54, 1.807) is 6.33 Å². The molecule has 1 aromatic heterocycles. The van der Waals surface area contributed by atoms with Crippen LogP contribution >= 0.6 is 0 Å². The van der Waals surface area contributed by atoms with E-state index in [4.69, 9.17) is 0 Å². The molecule has 4 heteroatoms. The fourth-order valence-electron chi connectivity index (χ4n) is 1.69. The molecule has 0 saturated heterocycles. The van der Waals surface area contributed by atoms with Crippen molar-refractivity contribution in [3.8, 4) is 0 Å². The predicted molar refractivity (Wildman–Crippen MR) is 45.5 cm³/mol. The number of hydrogen-bond acceptors (Lipinski definition) is 3. The molecule has 0 aliphatic heterocycles. The van der Waals surface area contributed by atoms with E-state index >= 15 is 0 Å². The highest BCUT2D eigenvalue weighted by molar-refractivity contribution is 4.82. The van der Waals surface area contributed by atoms with Gasteiger partial charge < -0.3 is 5.32 Å². The van der Waals surface area contributed by atoms with Crippen molar-refractivity contribution in [3.63, 3.8) is 0 Å². The Hall–Kier alpha value is -0.900. The Labute approximate surface area is 71.8 Å². The second kappa shape index (κ2) is 3.67. The van der Waals surface area contributed by atoms with Gasteiger partial charge in [-0.15, -0.1) is 0 Å². The minimum atomic E-state index is 0.704. The Balaban J connectivity index is 1.74. The van der Waals surface area contributed by atoms with Gasteiger partial charge in [0.1, 0.15) is 12.2 Å². The third-order valence-electron chi connectivity index (χ3n) is 2.38. The first kappa shape index (κ1) is 7.73. The molecule has 0 amide bonds. The maximum atomic E-state index is 4.05. The summed E-state index contributed by atoms with van der Waals surface area (Å²) in [7, 11) is 0. The van der Waals surface area contributed by atoms with Crippen LogP contribution < -0.4 is 5.32 Å². The average molecular weight is 166 g/mol. The molecular formula is C8H14N4. The van der Waals surface area contributed by atoms with Crippen molar-refractivity contribution >= 4 is 0 Å². The normalized spacial score (nSPS) is 18.7. The molecule has 2 rings (SSSR count). The fraction of sp³-hybridized carbons (Fsp3) is 0.750. The third kappa shape index (κ3) is 1.82. The monoisotopic (exact) mass is 166 g/mol. The number of rotatable bonds is 3. The smallest absolute Gasteiger partial charge is 0.138 e. The van der Waals surface area contributed by atoms with Crippen LogP contribution in [0.3, 0.4) is 0 Å². The lowest BCUT2D eigenvalue weighted by Crippen LogP contribution is -2.25. The number of aromatic nitrogens is 3. The van der Waals surface area contributed by atoms with Gasteiger partial charge in [0.2, 0.25) is 0 Å². The molecule has 0 radical (unpaired) electrons. The Morgan fingerprint density at radius 2 is 2.33 bits per heavy atom. The minimum absolute atomic E-state index is 0.704. The summed E-state index contributed by atoms with van der Waals surface area (Å²) in [5, 5.41) is 10.1. The Morgan fingerprint density at radius 3 is 3.00 bits per heavy atom. The van der Waals surface area contributed by atoms with E-state index in [9.17, 15) is 0 Å². The molecule has 1 fully saturated rings. The number of aromatic amines is 1. The topological polar surface area (TPSA) is 53.6 Å². The second-order valence-electron chi connectivity index (χ2n) is 3.29. The van der Waals surface area contributed by atoms with Gasteiger partial charge in [-0.3, -0.25) is 5.10 Å². The number of H-pyrrole nitrogens is 1. The van der Waals surface area contributed by atoms with Crippen molar-refractivity contribution in [2.45, 2.75) is 38.3 Å². The predicted octanol–water partition coefficient (Wildman–Crippen LogP) is 0.837. The lowest BCUT2D eigenvalue weighted by Gasteiger charge is -2.08. The van der Waals surface area contributed by atoms with Crippen LogP contribution in [-0.4, -0.2) is 21.2 Å². The van der Waals surface area contributed by atoms with Gasteiger partial charge in [0.15, 0.2) is 0 Å². The molecule has 1 heterocycles. The summed E-state index contributed by atoms with van der Waals surface area (Å²) in [6.07, 6.45) is 6.91. The number of nitrogens with zero attached hydrogens (tertiary/aromatic N) is 2. The third-order valence-corrected chi connectivity index (χ3v) is 2.38. The van der Waals surface area contributed by atoms with Crippen molar-refractivity contribution in [1.82, 2.24) is 20.5 Å². The molecule has 1 aliphatic carbocycles. The van der Waals surface area contributed by atoms with Crippen molar-refractivity contribution < 1.29 is 0 Å². The van der Waals surface area contributed by atoms with E-state index in [0.717, 1.165) is 12.4 Å². The van der Waals surface area contributed by atoms with Gasteiger partial charge in [-0.1, -0.05) is 12.8 Å². The first-order valence-electron chi connectivity index (χ1n) is 4.53. The maximum Gasteiger partial charge on any atom is 0.138 e. The van der Waals surface area contributed by atoms with Crippen LogP contribution in [0.1, 0.15) is 31.5 Å². The quantitative estimate of drug-likeness (QED) is 0.699. The summed E-state index contributed by atoms with van der Waals surface area (Å²) in [6, 6.07) is 0.704. The Kier molecular flexibility index (Phi) is 2.36. The van der Waals surface area contributed by atoms with Crippen molar-refractivity contribution in [3.05, 3.63) is 12.2 Å². The molecule has 66 valence electrons. The first-order chi connectivity index (χ1) is 5.95.